The number of aromatic nitrogens is 3. The van der Waals surface area contributed by atoms with Crippen molar-refractivity contribution in [3.8, 4) is 6.07 Å². The molecule has 0 radical (unpaired) electrons. The summed E-state index contributed by atoms with van der Waals surface area (Å²) >= 11 is 0. The number of rotatable bonds is 3. The molecule has 0 aliphatic carbocycles. The molecule has 2 rings (SSSR count). The van der Waals surface area contributed by atoms with Gasteiger partial charge in [-0.2, -0.15) is 10.4 Å². The first-order valence-electron chi connectivity index (χ1n) is 6.05. The molecule has 0 saturated carbocycles. The summed E-state index contributed by atoms with van der Waals surface area (Å²) in [5.74, 6) is -1.26. The Morgan fingerprint density at radius 3 is 2.50 bits per heavy atom. The van der Waals surface area contributed by atoms with Gasteiger partial charge in [0.1, 0.15) is 0 Å². The van der Waals surface area contributed by atoms with Crippen LogP contribution in [0, 0.1) is 25.2 Å². The molecule has 100 valence electrons. The number of nitrogens with one attached hydrogen (secondary N) is 1. The highest BCUT2D eigenvalue weighted by atomic mass is 16.2. The first kappa shape index (κ1) is 13.6. The molecule has 1 unspecified atom stereocenters. The van der Waals surface area contributed by atoms with E-state index >= 15 is 0 Å². The van der Waals surface area contributed by atoms with Gasteiger partial charge in [-0.15, -0.1) is 5.10 Å². The van der Waals surface area contributed by atoms with E-state index in [-0.39, 0.29) is 5.95 Å². The Morgan fingerprint density at radius 1 is 1.20 bits per heavy atom. The fourth-order valence-corrected chi connectivity index (χ4v) is 1.62. The normalized spacial score (nSPS) is 11.4. The number of benzene rings is 1. The zero-order valence-electron chi connectivity index (χ0n) is 11.2. The number of hydrogen-bond donors (Lipinski definition) is 1. The molecule has 1 amide bonds. The van der Waals surface area contributed by atoms with Gasteiger partial charge in [-0.25, -0.2) is 4.98 Å². The van der Waals surface area contributed by atoms with Gasteiger partial charge in [0.05, 0.1) is 17.5 Å². The molecule has 0 aliphatic rings. The number of hydrogen-bond acceptors (Lipinski definition) is 5. The Morgan fingerprint density at radius 2 is 1.90 bits per heavy atom. The number of nitrogens with zero attached hydrogens (tertiary/aromatic N) is 4. The Kier molecular flexibility index (Phi) is 4.01. The third-order valence-electron chi connectivity index (χ3n) is 2.85. The van der Waals surface area contributed by atoms with Crippen molar-refractivity contribution < 1.29 is 4.79 Å². The van der Waals surface area contributed by atoms with Gasteiger partial charge in [-0.05, 0) is 19.4 Å². The SMILES string of the molecule is Cc1nnc(NC(=O)C(C#N)c2ccccc2)nc1C. The average Bonchev–Trinajstić information content (AvgIpc) is 2.45. The molecular weight excluding hydrogens is 254 g/mol. The quantitative estimate of drug-likeness (QED) is 0.914. The zero-order valence-corrected chi connectivity index (χ0v) is 11.2. The summed E-state index contributed by atoms with van der Waals surface area (Å²) < 4.78 is 0. The Balaban J connectivity index is 2.18. The minimum absolute atomic E-state index is 0.106. The maximum atomic E-state index is 12.1. The summed E-state index contributed by atoms with van der Waals surface area (Å²) in [7, 11) is 0. The molecule has 0 saturated heterocycles. The van der Waals surface area contributed by atoms with E-state index in [1.165, 1.54) is 0 Å². The predicted octanol–water partition coefficient (Wildman–Crippen LogP) is 1.73. The maximum absolute atomic E-state index is 12.1. The van der Waals surface area contributed by atoms with Crippen molar-refractivity contribution in [3.63, 3.8) is 0 Å². The van der Waals surface area contributed by atoms with Gasteiger partial charge < -0.3 is 0 Å². The van der Waals surface area contributed by atoms with Crippen LogP contribution in [-0.2, 0) is 4.79 Å². The van der Waals surface area contributed by atoms with Crippen LogP contribution in [0.5, 0.6) is 0 Å². The molecule has 1 aromatic carbocycles. The Bertz CT molecular complexity index is 663. The van der Waals surface area contributed by atoms with E-state index in [9.17, 15) is 4.79 Å². The summed E-state index contributed by atoms with van der Waals surface area (Å²) in [5.41, 5.74) is 2.01. The van der Waals surface area contributed by atoms with Gasteiger partial charge in [-0.1, -0.05) is 30.3 Å². The zero-order chi connectivity index (χ0) is 14.5. The predicted molar refractivity (Wildman–Crippen MR) is 72.7 cm³/mol. The molecule has 0 bridgehead atoms. The Labute approximate surface area is 116 Å². The van der Waals surface area contributed by atoms with E-state index in [0.29, 0.717) is 17.0 Å². The molecule has 1 N–H and O–H groups in total. The van der Waals surface area contributed by atoms with Crippen LogP contribution in [0.2, 0.25) is 0 Å². The molecular formula is C14H13N5O. The lowest BCUT2D eigenvalue weighted by atomic mass is 10.0. The van der Waals surface area contributed by atoms with Crippen LogP contribution in [-0.4, -0.2) is 21.1 Å². The second kappa shape index (κ2) is 5.89. The van der Waals surface area contributed by atoms with Crippen LogP contribution in [0.1, 0.15) is 22.9 Å². The van der Waals surface area contributed by atoms with Crippen LogP contribution in [0.4, 0.5) is 5.95 Å². The van der Waals surface area contributed by atoms with Crippen LogP contribution in [0.3, 0.4) is 0 Å². The first-order chi connectivity index (χ1) is 9.61. The van der Waals surface area contributed by atoms with E-state index in [0.717, 1.165) is 0 Å². The van der Waals surface area contributed by atoms with Crippen molar-refractivity contribution in [3.05, 3.63) is 47.3 Å². The molecule has 0 fully saturated rings. The van der Waals surface area contributed by atoms with Crippen LogP contribution in [0.25, 0.3) is 0 Å². The molecule has 6 heteroatoms. The summed E-state index contributed by atoms with van der Waals surface area (Å²) in [6.07, 6.45) is 0. The van der Waals surface area contributed by atoms with Gasteiger partial charge >= 0.3 is 0 Å². The second-order valence-electron chi connectivity index (χ2n) is 4.27. The van der Waals surface area contributed by atoms with Gasteiger partial charge in [0.2, 0.25) is 11.9 Å². The topological polar surface area (TPSA) is 91.6 Å². The van der Waals surface area contributed by atoms with Crippen LogP contribution in [0.15, 0.2) is 30.3 Å². The summed E-state index contributed by atoms with van der Waals surface area (Å²) in [6, 6.07) is 10.8. The molecule has 1 heterocycles. The van der Waals surface area contributed by atoms with Crippen LogP contribution >= 0.6 is 0 Å². The van der Waals surface area contributed by atoms with Crippen molar-refractivity contribution in [1.82, 2.24) is 15.2 Å². The fourth-order valence-electron chi connectivity index (χ4n) is 1.62. The smallest absolute Gasteiger partial charge is 0.249 e. The number of aryl methyl sites for hydroxylation is 2. The third kappa shape index (κ3) is 2.95. The molecule has 1 atom stereocenters. The van der Waals surface area contributed by atoms with Crippen molar-refractivity contribution >= 4 is 11.9 Å². The highest BCUT2D eigenvalue weighted by Gasteiger charge is 2.21. The number of carbonyl (C=O) groups is 1. The first-order valence-corrected chi connectivity index (χ1v) is 6.05. The monoisotopic (exact) mass is 267 g/mol. The highest BCUT2D eigenvalue weighted by Crippen LogP contribution is 2.16. The standard InChI is InChI=1S/C14H13N5O/c1-9-10(2)18-19-14(16-9)17-13(20)12(8-15)11-6-4-3-5-7-11/h3-7,12H,1-2H3,(H,16,17,19,20). The maximum Gasteiger partial charge on any atom is 0.249 e. The highest BCUT2D eigenvalue weighted by molar-refractivity contribution is 5.96. The summed E-state index contributed by atoms with van der Waals surface area (Å²) in [4.78, 5) is 16.2. The lowest BCUT2D eigenvalue weighted by molar-refractivity contribution is -0.116. The molecule has 6 nitrogen and oxygen atoms in total. The van der Waals surface area contributed by atoms with E-state index in [4.69, 9.17) is 5.26 Å². The second-order valence-corrected chi connectivity index (χ2v) is 4.27. The van der Waals surface area contributed by atoms with Gasteiger partial charge in [0, 0.05) is 0 Å². The van der Waals surface area contributed by atoms with E-state index in [1.54, 1.807) is 38.1 Å². The largest absolute Gasteiger partial charge is 0.292 e. The van der Waals surface area contributed by atoms with Gasteiger partial charge in [0.25, 0.3) is 0 Å². The lowest BCUT2D eigenvalue weighted by Crippen LogP contribution is -2.22. The van der Waals surface area contributed by atoms with E-state index in [1.807, 2.05) is 12.1 Å². The van der Waals surface area contributed by atoms with E-state index in [2.05, 4.69) is 20.5 Å². The molecule has 1 aromatic heterocycles. The summed E-state index contributed by atoms with van der Waals surface area (Å²) in [5, 5.41) is 19.3. The summed E-state index contributed by atoms with van der Waals surface area (Å²) in [6.45, 7) is 3.56. The number of carbonyl (C=O) groups excluding carboxylic acids is 1. The van der Waals surface area contributed by atoms with Gasteiger partial charge in [0.15, 0.2) is 5.92 Å². The van der Waals surface area contributed by atoms with Crippen molar-refractivity contribution in [2.24, 2.45) is 0 Å². The van der Waals surface area contributed by atoms with Crippen molar-refractivity contribution in [2.75, 3.05) is 5.32 Å². The van der Waals surface area contributed by atoms with Gasteiger partial charge in [-0.3, -0.25) is 10.1 Å². The fraction of sp³-hybridized carbons (Fsp3) is 0.214. The van der Waals surface area contributed by atoms with Crippen molar-refractivity contribution in [1.29, 1.82) is 5.26 Å². The minimum atomic E-state index is -0.901. The number of anilines is 1. The van der Waals surface area contributed by atoms with Crippen LogP contribution < -0.4 is 5.32 Å². The minimum Gasteiger partial charge on any atom is -0.292 e. The number of nitriles is 1. The van der Waals surface area contributed by atoms with E-state index < -0.39 is 11.8 Å². The molecule has 0 spiro atoms. The number of amides is 1. The molecule has 20 heavy (non-hydrogen) atoms. The average molecular weight is 267 g/mol. The molecule has 0 aliphatic heterocycles. The third-order valence-corrected chi connectivity index (χ3v) is 2.85. The lowest BCUT2D eigenvalue weighted by Gasteiger charge is -2.09. The molecule has 2 aromatic rings. The van der Waals surface area contributed by atoms with Crippen molar-refractivity contribution in [2.45, 2.75) is 19.8 Å². The Hall–Kier alpha value is -2.81.